The Bertz CT molecular complexity index is 686. The van der Waals surface area contributed by atoms with Gasteiger partial charge >= 0.3 is 0 Å². The molecule has 1 unspecified atom stereocenters. The zero-order valence-corrected chi connectivity index (χ0v) is 15.6. The number of piperidine rings is 1. The van der Waals surface area contributed by atoms with Gasteiger partial charge in [-0.05, 0) is 45.2 Å². The van der Waals surface area contributed by atoms with Crippen LogP contribution in [0.5, 0.6) is 0 Å². The highest BCUT2D eigenvalue weighted by molar-refractivity contribution is 8.01. The van der Waals surface area contributed by atoms with Crippen LogP contribution in [0.3, 0.4) is 0 Å². The van der Waals surface area contributed by atoms with Crippen LogP contribution in [0.1, 0.15) is 31.7 Å². The third-order valence-electron chi connectivity index (χ3n) is 4.15. The van der Waals surface area contributed by atoms with Crippen molar-refractivity contribution in [1.82, 2.24) is 15.1 Å². The van der Waals surface area contributed by atoms with Crippen molar-refractivity contribution in [3.05, 3.63) is 29.8 Å². The Morgan fingerprint density at radius 3 is 2.88 bits per heavy atom. The first-order valence-corrected chi connectivity index (χ1v) is 10.0. The lowest BCUT2D eigenvalue weighted by Crippen LogP contribution is -2.42. The molecule has 24 heavy (non-hydrogen) atoms. The van der Waals surface area contributed by atoms with Crippen molar-refractivity contribution in [3.8, 4) is 0 Å². The van der Waals surface area contributed by atoms with E-state index < -0.39 is 0 Å². The molecular weight excluding hydrogens is 340 g/mol. The molecule has 1 N–H and O–H groups in total. The molecule has 1 aromatic carbocycles. The molecule has 0 radical (unpaired) electrons. The lowest BCUT2D eigenvalue weighted by molar-refractivity contribution is -0.131. The van der Waals surface area contributed by atoms with Crippen LogP contribution in [0.4, 0.5) is 10.8 Å². The van der Waals surface area contributed by atoms with Crippen LogP contribution < -0.4 is 5.32 Å². The number of rotatable bonds is 5. The summed E-state index contributed by atoms with van der Waals surface area (Å²) in [6, 6.07) is 8.50. The van der Waals surface area contributed by atoms with Crippen molar-refractivity contribution in [2.45, 2.75) is 43.5 Å². The second kappa shape index (κ2) is 7.98. The lowest BCUT2D eigenvalue weighted by atomic mass is 10.0. The van der Waals surface area contributed by atoms with Crippen LogP contribution in [0.2, 0.25) is 0 Å². The Morgan fingerprint density at radius 2 is 2.12 bits per heavy atom. The maximum absolute atomic E-state index is 12.4. The number of nitrogens with zero attached hydrogens (tertiary/aromatic N) is 3. The van der Waals surface area contributed by atoms with E-state index in [2.05, 4.69) is 41.5 Å². The Balaban J connectivity index is 1.52. The fraction of sp³-hybridized carbons (Fsp3) is 0.471. The average Bonchev–Trinajstić information content (AvgIpc) is 3.03. The third kappa shape index (κ3) is 4.48. The van der Waals surface area contributed by atoms with E-state index in [1.54, 1.807) is 0 Å². The molecule has 2 aromatic rings. The molecule has 2 heterocycles. The highest BCUT2D eigenvalue weighted by Gasteiger charge is 2.23. The maximum Gasteiger partial charge on any atom is 0.233 e. The van der Waals surface area contributed by atoms with Crippen molar-refractivity contribution in [2.75, 3.05) is 17.6 Å². The molecule has 0 spiro atoms. The summed E-state index contributed by atoms with van der Waals surface area (Å²) in [6.45, 7) is 5.08. The van der Waals surface area contributed by atoms with Gasteiger partial charge in [0, 0.05) is 18.3 Å². The Morgan fingerprint density at radius 1 is 1.33 bits per heavy atom. The van der Waals surface area contributed by atoms with Gasteiger partial charge in [-0.3, -0.25) is 4.79 Å². The molecule has 5 nitrogen and oxygen atoms in total. The molecule has 7 heteroatoms. The van der Waals surface area contributed by atoms with Gasteiger partial charge in [0.2, 0.25) is 11.0 Å². The summed E-state index contributed by atoms with van der Waals surface area (Å²) in [5, 5.41) is 12.3. The zero-order chi connectivity index (χ0) is 16.9. The molecule has 0 bridgehead atoms. The summed E-state index contributed by atoms with van der Waals surface area (Å²) in [7, 11) is 0. The number of carbonyl (C=O) groups is 1. The smallest absolute Gasteiger partial charge is 0.233 e. The first-order valence-electron chi connectivity index (χ1n) is 8.21. The number of amides is 1. The maximum atomic E-state index is 12.4. The minimum atomic E-state index is 0.204. The summed E-state index contributed by atoms with van der Waals surface area (Å²) < 4.78 is 0.822. The largest absolute Gasteiger partial charge is 0.339 e. The summed E-state index contributed by atoms with van der Waals surface area (Å²) in [6.07, 6.45) is 3.45. The number of hydrogen-bond donors (Lipinski definition) is 1. The quantitative estimate of drug-likeness (QED) is 0.812. The van der Waals surface area contributed by atoms with Crippen molar-refractivity contribution < 1.29 is 4.79 Å². The van der Waals surface area contributed by atoms with E-state index in [1.165, 1.54) is 35.1 Å². The Hall–Kier alpha value is -1.60. The molecule has 1 atom stereocenters. The normalized spacial score (nSPS) is 17.8. The van der Waals surface area contributed by atoms with E-state index in [9.17, 15) is 4.79 Å². The highest BCUT2D eigenvalue weighted by atomic mass is 32.2. The van der Waals surface area contributed by atoms with Gasteiger partial charge in [-0.1, -0.05) is 40.8 Å². The Labute approximate surface area is 150 Å². The first kappa shape index (κ1) is 17.2. The summed E-state index contributed by atoms with van der Waals surface area (Å²) in [5.74, 6) is 0.638. The molecular formula is C17H22N4OS2. The predicted molar refractivity (Wildman–Crippen MR) is 100 cm³/mol. The fourth-order valence-electron chi connectivity index (χ4n) is 2.75. The van der Waals surface area contributed by atoms with Crippen molar-refractivity contribution in [2.24, 2.45) is 0 Å². The number of hydrogen-bond acceptors (Lipinski definition) is 6. The fourth-order valence-corrected chi connectivity index (χ4v) is 4.41. The number of carbonyl (C=O) groups excluding carboxylic acids is 1. The topological polar surface area (TPSA) is 58.1 Å². The molecule has 1 fully saturated rings. The van der Waals surface area contributed by atoms with Crippen LogP contribution in [-0.4, -0.2) is 39.3 Å². The molecule has 1 saturated heterocycles. The third-order valence-corrected chi connectivity index (χ3v) is 6.11. The van der Waals surface area contributed by atoms with Crippen LogP contribution in [-0.2, 0) is 4.79 Å². The molecule has 1 aliphatic heterocycles. The van der Waals surface area contributed by atoms with Gasteiger partial charge in [0.15, 0.2) is 4.34 Å². The minimum Gasteiger partial charge on any atom is -0.339 e. The van der Waals surface area contributed by atoms with E-state index in [0.717, 1.165) is 34.5 Å². The number of anilines is 2. The molecule has 0 aliphatic carbocycles. The number of aryl methyl sites for hydroxylation is 1. The standard InChI is InChI=1S/C17H22N4OS2/c1-12-6-8-14(9-7-12)18-16-19-20-17(24-16)23-11-15(22)21-10-4-3-5-13(21)2/h6-9,13H,3-5,10-11H2,1-2H3,(H,18,19). The average molecular weight is 363 g/mol. The van der Waals surface area contributed by atoms with Crippen LogP contribution >= 0.6 is 23.1 Å². The molecule has 3 rings (SSSR count). The van der Waals surface area contributed by atoms with Gasteiger partial charge in [-0.25, -0.2) is 0 Å². The van der Waals surface area contributed by atoms with E-state index in [4.69, 9.17) is 0 Å². The van der Waals surface area contributed by atoms with Crippen LogP contribution in [0, 0.1) is 6.92 Å². The first-order chi connectivity index (χ1) is 11.6. The van der Waals surface area contributed by atoms with Crippen molar-refractivity contribution >= 4 is 39.8 Å². The second-order valence-corrected chi connectivity index (χ2v) is 8.28. The summed E-state index contributed by atoms with van der Waals surface area (Å²) in [5.41, 5.74) is 2.21. The van der Waals surface area contributed by atoms with Crippen LogP contribution in [0.15, 0.2) is 28.6 Å². The molecule has 0 saturated carbocycles. The van der Waals surface area contributed by atoms with E-state index in [0.29, 0.717) is 11.8 Å². The lowest BCUT2D eigenvalue weighted by Gasteiger charge is -2.33. The van der Waals surface area contributed by atoms with E-state index in [1.807, 2.05) is 17.0 Å². The van der Waals surface area contributed by atoms with Gasteiger partial charge in [0.25, 0.3) is 0 Å². The van der Waals surface area contributed by atoms with Crippen LogP contribution in [0.25, 0.3) is 0 Å². The van der Waals surface area contributed by atoms with Crippen molar-refractivity contribution in [3.63, 3.8) is 0 Å². The molecule has 128 valence electrons. The number of thioether (sulfide) groups is 1. The Kier molecular flexibility index (Phi) is 5.73. The van der Waals surface area contributed by atoms with Crippen molar-refractivity contribution in [1.29, 1.82) is 0 Å². The molecule has 1 aromatic heterocycles. The van der Waals surface area contributed by atoms with Gasteiger partial charge in [0.05, 0.1) is 5.75 Å². The predicted octanol–water partition coefficient (Wildman–Crippen LogP) is 4.08. The number of benzene rings is 1. The van der Waals surface area contributed by atoms with Gasteiger partial charge in [-0.15, -0.1) is 10.2 Å². The molecule has 1 aliphatic rings. The monoisotopic (exact) mass is 362 g/mol. The van der Waals surface area contributed by atoms with E-state index >= 15 is 0 Å². The zero-order valence-electron chi connectivity index (χ0n) is 14.0. The SMILES string of the molecule is Cc1ccc(Nc2nnc(SCC(=O)N3CCCCC3C)s2)cc1. The summed E-state index contributed by atoms with van der Waals surface area (Å²) >= 11 is 2.95. The number of likely N-dealkylation sites (tertiary alicyclic amines) is 1. The van der Waals surface area contributed by atoms with Gasteiger partial charge in [0.1, 0.15) is 0 Å². The number of aromatic nitrogens is 2. The van der Waals surface area contributed by atoms with E-state index in [-0.39, 0.29) is 5.91 Å². The van der Waals surface area contributed by atoms with Gasteiger partial charge < -0.3 is 10.2 Å². The highest BCUT2D eigenvalue weighted by Crippen LogP contribution is 2.28. The molecule has 1 amide bonds. The van der Waals surface area contributed by atoms with Gasteiger partial charge in [-0.2, -0.15) is 0 Å². The number of nitrogens with one attached hydrogen (secondary N) is 1. The second-order valence-electron chi connectivity index (χ2n) is 6.08. The minimum absolute atomic E-state index is 0.204. The summed E-state index contributed by atoms with van der Waals surface area (Å²) in [4.78, 5) is 14.4.